The number of imidazole rings is 1. The molecule has 1 saturated heterocycles. The minimum atomic E-state index is -0.0661. The first-order chi connectivity index (χ1) is 11.8. The van der Waals surface area contributed by atoms with Gasteiger partial charge in [-0.2, -0.15) is 0 Å². The Hall–Kier alpha value is -2.66. The van der Waals surface area contributed by atoms with Gasteiger partial charge in [0.1, 0.15) is 18.5 Å². The summed E-state index contributed by atoms with van der Waals surface area (Å²) in [5, 5.41) is 2.93. The number of carbonyl (C=O) groups excluding carboxylic acids is 1. The first-order valence-electron chi connectivity index (χ1n) is 8.23. The number of ether oxygens (including phenoxy) is 1. The maximum Gasteiger partial charge on any atom is 0.244 e. The second kappa shape index (κ2) is 6.45. The van der Waals surface area contributed by atoms with Gasteiger partial charge in [-0.1, -0.05) is 30.3 Å². The number of carbonyl (C=O) groups is 1. The average Bonchev–Trinajstić information content (AvgIpc) is 3.24. The highest BCUT2D eigenvalue weighted by Gasteiger charge is 2.25. The van der Waals surface area contributed by atoms with Crippen LogP contribution in [0.4, 0.5) is 5.69 Å². The van der Waals surface area contributed by atoms with E-state index in [9.17, 15) is 4.79 Å². The summed E-state index contributed by atoms with van der Waals surface area (Å²) in [5.41, 5.74) is 2.66. The fourth-order valence-electron chi connectivity index (χ4n) is 3.15. The predicted octanol–water partition coefficient (Wildman–Crippen LogP) is 3.53. The molecule has 0 bridgehead atoms. The first-order valence-corrected chi connectivity index (χ1v) is 8.23. The molecule has 122 valence electrons. The molecule has 1 N–H and O–H groups in total. The standard InChI is InChI=1S/C19H19N3O2/c23-18(20-14-7-2-1-3-8-14)13-22-16-10-5-4-9-15(16)21-19(22)17-11-6-12-24-17/h1-5,7-10,17H,6,11-13H2,(H,20,23)/t17-/m0/s1. The van der Waals surface area contributed by atoms with Gasteiger partial charge in [0, 0.05) is 12.3 Å². The lowest BCUT2D eigenvalue weighted by molar-refractivity contribution is -0.116. The Labute approximate surface area is 140 Å². The monoisotopic (exact) mass is 321 g/mol. The minimum absolute atomic E-state index is 0.0260. The van der Waals surface area contributed by atoms with Crippen molar-refractivity contribution in [3.8, 4) is 0 Å². The molecule has 2 heterocycles. The van der Waals surface area contributed by atoms with E-state index >= 15 is 0 Å². The molecule has 24 heavy (non-hydrogen) atoms. The summed E-state index contributed by atoms with van der Waals surface area (Å²) in [4.78, 5) is 17.2. The van der Waals surface area contributed by atoms with Crippen molar-refractivity contribution in [3.05, 3.63) is 60.4 Å². The van der Waals surface area contributed by atoms with Gasteiger partial charge in [0.05, 0.1) is 11.0 Å². The molecule has 4 rings (SSSR count). The lowest BCUT2D eigenvalue weighted by Gasteiger charge is -2.13. The fourth-order valence-corrected chi connectivity index (χ4v) is 3.15. The van der Waals surface area contributed by atoms with Crippen LogP contribution in [-0.4, -0.2) is 22.1 Å². The number of para-hydroxylation sites is 3. The van der Waals surface area contributed by atoms with Gasteiger partial charge < -0.3 is 14.6 Å². The van der Waals surface area contributed by atoms with E-state index in [0.29, 0.717) is 0 Å². The van der Waals surface area contributed by atoms with Crippen LogP contribution >= 0.6 is 0 Å². The zero-order chi connectivity index (χ0) is 16.4. The van der Waals surface area contributed by atoms with Crippen LogP contribution in [0.5, 0.6) is 0 Å². The van der Waals surface area contributed by atoms with E-state index in [1.54, 1.807) is 0 Å². The Kier molecular flexibility index (Phi) is 4.01. The van der Waals surface area contributed by atoms with Gasteiger partial charge >= 0.3 is 0 Å². The maximum absolute atomic E-state index is 12.5. The Morgan fingerprint density at radius 3 is 2.75 bits per heavy atom. The third-order valence-electron chi connectivity index (χ3n) is 4.26. The molecule has 1 fully saturated rings. The van der Waals surface area contributed by atoms with Crippen LogP contribution in [0.15, 0.2) is 54.6 Å². The summed E-state index contributed by atoms with van der Waals surface area (Å²) >= 11 is 0. The molecule has 2 aromatic carbocycles. The van der Waals surface area contributed by atoms with Crippen LogP contribution in [0.2, 0.25) is 0 Å². The molecule has 0 radical (unpaired) electrons. The predicted molar refractivity (Wildman–Crippen MR) is 92.7 cm³/mol. The lowest BCUT2D eigenvalue weighted by atomic mass is 10.2. The van der Waals surface area contributed by atoms with E-state index in [1.165, 1.54) is 0 Å². The molecule has 1 atom stereocenters. The summed E-state index contributed by atoms with van der Waals surface area (Å²) in [7, 11) is 0. The number of rotatable bonds is 4. The van der Waals surface area contributed by atoms with E-state index in [2.05, 4.69) is 5.32 Å². The second-order valence-electron chi connectivity index (χ2n) is 5.96. The molecular weight excluding hydrogens is 302 g/mol. The summed E-state index contributed by atoms with van der Waals surface area (Å²) in [6.07, 6.45) is 1.95. The van der Waals surface area contributed by atoms with Crippen LogP contribution in [0.25, 0.3) is 11.0 Å². The van der Waals surface area contributed by atoms with Crippen molar-refractivity contribution in [3.63, 3.8) is 0 Å². The summed E-state index contributed by atoms with van der Waals surface area (Å²) in [6, 6.07) is 17.4. The van der Waals surface area contributed by atoms with Gasteiger partial charge in [0.15, 0.2) is 0 Å². The molecule has 0 unspecified atom stereocenters. The number of nitrogens with zero attached hydrogens (tertiary/aromatic N) is 2. The van der Waals surface area contributed by atoms with Crippen molar-refractivity contribution in [2.24, 2.45) is 0 Å². The number of nitrogens with one attached hydrogen (secondary N) is 1. The zero-order valence-electron chi connectivity index (χ0n) is 13.3. The van der Waals surface area contributed by atoms with E-state index in [0.717, 1.165) is 42.0 Å². The van der Waals surface area contributed by atoms with Crippen molar-refractivity contribution in [2.75, 3.05) is 11.9 Å². The number of benzene rings is 2. The number of aromatic nitrogens is 2. The molecule has 5 nitrogen and oxygen atoms in total. The van der Waals surface area contributed by atoms with Crippen molar-refractivity contribution < 1.29 is 9.53 Å². The number of amides is 1. The highest BCUT2D eigenvalue weighted by Crippen LogP contribution is 2.30. The van der Waals surface area contributed by atoms with Gasteiger partial charge in [-0.15, -0.1) is 0 Å². The normalized spacial score (nSPS) is 17.2. The number of hydrogen-bond acceptors (Lipinski definition) is 3. The molecule has 3 aromatic rings. The molecule has 1 aliphatic rings. The van der Waals surface area contributed by atoms with Gasteiger partial charge in [-0.05, 0) is 37.1 Å². The SMILES string of the molecule is O=C(Cn1c([C@@H]2CCCO2)nc2ccccc21)Nc1ccccc1. The molecular formula is C19H19N3O2. The van der Waals surface area contributed by atoms with Gasteiger partial charge in [-0.3, -0.25) is 4.79 Å². The number of hydrogen-bond donors (Lipinski definition) is 1. The average molecular weight is 321 g/mol. The van der Waals surface area contributed by atoms with Crippen LogP contribution in [0.3, 0.4) is 0 Å². The maximum atomic E-state index is 12.5. The number of fused-ring (bicyclic) bond motifs is 1. The minimum Gasteiger partial charge on any atom is -0.370 e. The molecule has 5 heteroatoms. The molecule has 1 amide bonds. The van der Waals surface area contributed by atoms with Gasteiger partial charge in [-0.25, -0.2) is 4.98 Å². The van der Waals surface area contributed by atoms with Gasteiger partial charge in [0.25, 0.3) is 0 Å². The van der Waals surface area contributed by atoms with Crippen molar-refractivity contribution >= 4 is 22.6 Å². The van der Waals surface area contributed by atoms with Crippen LogP contribution in [0, 0.1) is 0 Å². The smallest absolute Gasteiger partial charge is 0.244 e. The van der Waals surface area contributed by atoms with Crippen molar-refractivity contribution in [1.82, 2.24) is 9.55 Å². The fraction of sp³-hybridized carbons (Fsp3) is 0.263. The van der Waals surface area contributed by atoms with Crippen LogP contribution < -0.4 is 5.32 Å². The van der Waals surface area contributed by atoms with E-state index in [1.807, 2.05) is 59.2 Å². The molecule has 0 aliphatic carbocycles. The quantitative estimate of drug-likeness (QED) is 0.800. The zero-order valence-corrected chi connectivity index (χ0v) is 13.3. The van der Waals surface area contributed by atoms with Crippen molar-refractivity contribution in [1.29, 1.82) is 0 Å². The topological polar surface area (TPSA) is 56.2 Å². The summed E-state index contributed by atoms with van der Waals surface area (Å²) < 4.78 is 7.77. The Morgan fingerprint density at radius 2 is 1.96 bits per heavy atom. The highest BCUT2D eigenvalue weighted by atomic mass is 16.5. The molecule has 0 spiro atoms. The second-order valence-corrected chi connectivity index (χ2v) is 5.96. The molecule has 1 aromatic heterocycles. The number of anilines is 1. The Morgan fingerprint density at radius 1 is 1.17 bits per heavy atom. The summed E-state index contributed by atoms with van der Waals surface area (Å²) in [6.45, 7) is 0.981. The summed E-state index contributed by atoms with van der Waals surface area (Å²) in [5.74, 6) is 0.778. The first kappa shape index (κ1) is 14.9. The Bertz CT molecular complexity index is 851. The third-order valence-corrected chi connectivity index (χ3v) is 4.26. The van der Waals surface area contributed by atoms with E-state index in [4.69, 9.17) is 9.72 Å². The van der Waals surface area contributed by atoms with Crippen LogP contribution in [-0.2, 0) is 16.1 Å². The molecule has 0 saturated carbocycles. The third kappa shape index (κ3) is 2.90. The van der Waals surface area contributed by atoms with E-state index in [-0.39, 0.29) is 18.6 Å². The largest absolute Gasteiger partial charge is 0.370 e. The van der Waals surface area contributed by atoms with E-state index < -0.39 is 0 Å². The van der Waals surface area contributed by atoms with Gasteiger partial charge in [0.2, 0.25) is 5.91 Å². The highest BCUT2D eigenvalue weighted by molar-refractivity contribution is 5.91. The lowest BCUT2D eigenvalue weighted by Crippen LogP contribution is -2.21. The Balaban J connectivity index is 1.64. The molecule has 1 aliphatic heterocycles. The van der Waals surface area contributed by atoms with Crippen molar-refractivity contribution in [2.45, 2.75) is 25.5 Å². The van der Waals surface area contributed by atoms with Crippen LogP contribution in [0.1, 0.15) is 24.8 Å².